The highest BCUT2D eigenvalue weighted by molar-refractivity contribution is 5.99. The molecule has 0 aromatic heterocycles. The Labute approximate surface area is 77.2 Å². The van der Waals surface area contributed by atoms with E-state index in [9.17, 15) is 9.90 Å². The highest BCUT2D eigenvalue weighted by atomic mass is 16.3. The minimum atomic E-state index is 0.167. The molecule has 0 unspecified atom stereocenters. The predicted molar refractivity (Wildman–Crippen MR) is 50.1 cm³/mol. The van der Waals surface area contributed by atoms with Gasteiger partial charge in [-0.25, -0.2) is 0 Å². The number of rotatable bonds is 0. The molecule has 0 saturated heterocycles. The van der Waals surface area contributed by atoms with Crippen LogP contribution in [0.3, 0.4) is 0 Å². The number of hydrogen-bond acceptors (Lipinski definition) is 2. The van der Waals surface area contributed by atoms with E-state index in [0.717, 1.165) is 29.5 Å². The number of ketones is 1. The molecule has 1 aromatic rings. The smallest absolute Gasteiger partial charge is 0.163 e. The van der Waals surface area contributed by atoms with E-state index in [0.29, 0.717) is 6.42 Å². The molecule has 0 aliphatic heterocycles. The van der Waals surface area contributed by atoms with Crippen molar-refractivity contribution in [3.8, 4) is 5.75 Å². The van der Waals surface area contributed by atoms with Gasteiger partial charge in [-0.1, -0.05) is 0 Å². The maximum atomic E-state index is 11.5. The molecule has 13 heavy (non-hydrogen) atoms. The average Bonchev–Trinajstić information content (AvgIpc) is 2.07. The summed E-state index contributed by atoms with van der Waals surface area (Å²) in [4.78, 5) is 11.5. The molecule has 1 aromatic carbocycles. The number of fused-ring (bicyclic) bond motifs is 1. The Balaban J connectivity index is 2.63. The van der Waals surface area contributed by atoms with Gasteiger partial charge >= 0.3 is 0 Å². The number of carbonyl (C=O) groups is 1. The molecular weight excluding hydrogens is 164 g/mol. The normalized spacial score (nSPS) is 15.6. The zero-order chi connectivity index (χ0) is 9.42. The topological polar surface area (TPSA) is 37.3 Å². The summed E-state index contributed by atoms with van der Waals surface area (Å²) in [5, 5.41) is 9.60. The average molecular weight is 176 g/mol. The van der Waals surface area contributed by atoms with Crippen LogP contribution >= 0.6 is 0 Å². The summed E-state index contributed by atoms with van der Waals surface area (Å²) < 4.78 is 0. The highest BCUT2D eigenvalue weighted by Crippen LogP contribution is 2.29. The largest absolute Gasteiger partial charge is 0.508 e. The molecule has 1 aliphatic rings. The highest BCUT2D eigenvalue weighted by Gasteiger charge is 2.19. The summed E-state index contributed by atoms with van der Waals surface area (Å²) in [7, 11) is 0. The van der Waals surface area contributed by atoms with Crippen LogP contribution < -0.4 is 0 Å². The van der Waals surface area contributed by atoms with Crippen LogP contribution in [-0.4, -0.2) is 10.9 Å². The van der Waals surface area contributed by atoms with Crippen LogP contribution in [0.2, 0.25) is 0 Å². The molecule has 2 heteroatoms. The van der Waals surface area contributed by atoms with Crippen molar-refractivity contribution < 1.29 is 9.90 Å². The third-order valence-corrected chi connectivity index (χ3v) is 2.50. The molecule has 1 N–H and O–H groups in total. The fourth-order valence-corrected chi connectivity index (χ4v) is 1.87. The Morgan fingerprint density at radius 1 is 1.31 bits per heavy atom. The fourth-order valence-electron chi connectivity index (χ4n) is 1.87. The third kappa shape index (κ3) is 1.32. The number of aryl methyl sites for hydroxylation is 1. The lowest BCUT2D eigenvalue weighted by Crippen LogP contribution is -2.11. The van der Waals surface area contributed by atoms with Gasteiger partial charge in [-0.05, 0) is 37.5 Å². The summed E-state index contributed by atoms with van der Waals surface area (Å²) in [5.74, 6) is 0.448. The number of Topliss-reactive ketones (excluding diaryl/α,β-unsaturated/α-hetero) is 1. The van der Waals surface area contributed by atoms with Gasteiger partial charge < -0.3 is 5.11 Å². The zero-order valence-corrected chi connectivity index (χ0v) is 7.63. The lowest BCUT2D eigenvalue weighted by atomic mass is 9.89. The van der Waals surface area contributed by atoms with Crippen molar-refractivity contribution in [3.05, 3.63) is 28.8 Å². The maximum absolute atomic E-state index is 11.5. The SMILES string of the molecule is Cc1cc(O)c2c(c1)C(=O)CCC2. The molecule has 0 amide bonds. The maximum Gasteiger partial charge on any atom is 0.163 e. The second-order valence-electron chi connectivity index (χ2n) is 3.59. The van der Waals surface area contributed by atoms with Crippen LogP contribution in [0.1, 0.15) is 34.3 Å². The van der Waals surface area contributed by atoms with Crippen LogP contribution in [0.15, 0.2) is 12.1 Å². The molecule has 68 valence electrons. The van der Waals surface area contributed by atoms with Crippen molar-refractivity contribution >= 4 is 5.78 Å². The van der Waals surface area contributed by atoms with Gasteiger partial charge in [0.1, 0.15) is 5.75 Å². The monoisotopic (exact) mass is 176 g/mol. The van der Waals surface area contributed by atoms with Crippen LogP contribution in [0.5, 0.6) is 5.75 Å². The summed E-state index contributed by atoms with van der Waals surface area (Å²) >= 11 is 0. The van der Waals surface area contributed by atoms with Gasteiger partial charge in [-0.2, -0.15) is 0 Å². The standard InChI is InChI=1S/C11H12O2/c1-7-5-9-8(11(13)6-7)3-2-4-10(9)12/h5-6,13H,2-4H2,1H3. The van der Waals surface area contributed by atoms with E-state index in [1.54, 1.807) is 6.07 Å². The Hall–Kier alpha value is -1.31. The second-order valence-corrected chi connectivity index (χ2v) is 3.59. The number of carbonyl (C=O) groups excluding carboxylic acids is 1. The van der Waals surface area contributed by atoms with E-state index in [-0.39, 0.29) is 11.5 Å². The lowest BCUT2D eigenvalue weighted by Gasteiger charge is -2.16. The molecule has 2 rings (SSSR count). The van der Waals surface area contributed by atoms with Crippen LogP contribution in [0.25, 0.3) is 0 Å². The third-order valence-electron chi connectivity index (χ3n) is 2.50. The first-order valence-electron chi connectivity index (χ1n) is 4.54. The molecule has 2 nitrogen and oxygen atoms in total. The van der Waals surface area contributed by atoms with Gasteiger partial charge in [0.15, 0.2) is 5.78 Å². The quantitative estimate of drug-likeness (QED) is 0.658. The summed E-state index contributed by atoms with van der Waals surface area (Å²) in [5.41, 5.74) is 2.51. The van der Waals surface area contributed by atoms with Gasteiger partial charge in [-0.15, -0.1) is 0 Å². The van der Waals surface area contributed by atoms with E-state index in [1.807, 2.05) is 13.0 Å². The Morgan fingerprint density at radius 2 is 2.08 bits per heavy atom. The molecule has 0 spiro atoms. The first-order valence-corrected chi connectivity index (χ1v) is 4.54. The Kier molecular flexibility index (Phi) is 1.83. The van der Waals surface area contributed by atoms with E-state index in [4.69, 9.17) is 0 Å². The number of hydrogen-bond donors (Lipinski definition) is 1. The van der Waals surface area contributed by atoms with Crippen molar-refractivity contribution in [2.75, 3.05) is 0 Å². The molecule has 0 bridgehead atoms. The van der Waals surface area contributed by atoms with Gasteiger partial charge in [0.25, 0.3) is 0 Å². The summed E-state index contributed by atoms with van der Waals surface area (Å²) in [6.45, 7) is 1.89. The van der Waals surface area contributed by atoms with E-state index in [1.165, 1.54) is 0 Å². The predicted octanol–water partition coefficient (Wildman–Crippen LogP) is 2.22. The minimum Gasteiger partial charge on any atom is -0.508 e. The van der Waals surface area contributed by atoms with Crippen molar-refractivity contribution in [1.82, 2.24) is 0 Å². The van der Waals surface area contributed by atoms with Crippen molar-refractivity contribution in [2.45, 2.75) is 26.2 Å². The van der Waals surface area contributed by atoms with E-state index >= 15 is 0 Å². The Bertz CT molecular complexity index is 367. The first kappa shape index (κ1) is 8.30. The van der Waals surface area contributed by atoms with Crippen molar-refractivity contribution in [1.29, 1.82) is 0 Å². The molecule has 0 fully saturated rings. The molecular formula is C11H12O2. The molecule has 0 saturated carbocycles. The van der Waals surface area contributed by atoms with Crippen molar-refractivity contribution in [3.63, 3.8) is 0 Å². The molecule has 0 radical (unpaired) electrons. The molecule has 0 atom stereocenters. The van der Waals surface area contributed by atoms with Crippen LogP contribution in [-0.2, 0) is 6.42 Å². The number of phenolic OH excluding ortho intramolecular Hbond substituents is 1. The summed E-state index contributed by atoms with van der Waals surface area (Å²) in [6, 6.07) is 3.59. The number of benzene rings is 1. The molecule has 0 heterocycles. The van der Waals surface area contributed by atoms with Crippen LogP contribution in [0.4, 0.5) is 0 Å². The van der Waals surface area contributed by atoms with E-state index < -0.39 is 0 Å². The lowest BCUT2D eigenvalue weighted by molar-refractivity contribution is 0.0971. The number of phenols is 1. The van der Waals surface area contributed by atoms with Gasteiger partial charge in [0, 0.05) is 17.5 Å². The first-order chi connectivity index (χ1) is 6.18. The van der Waals surface area contributed by atoms with Crippen molar-refractivity contribution in [2.24, 2.45) is 0 Å². The minimum absolute atomic E-state index is 0.167. The molecule has 1 aliphatic carbocycles. The fraction of sp³-hybridized carbons (Fsp3) is 0.364. The second kappa shape index (κ2) is 2.87. The Morgan fingerprint density at radius 3 is 2.85 bits per heavy atom. The number of aromatic hydroxyl groups is 1. The van der Waals surface area contributed by atoms with Gasteiger partial charge in [-0.3, -0.25) is 4.79 Å². The van der Waals surface area contributed by atoms with Gasteiger partial charge in [0.05, 0.1) is 0 Å². The zero-order valence-electron chi connectivity index (χ0n) is 7.63. The van der Waals surface area contributed by atoms with E-state index in [2.05, 4.69) is 0 Å². The summed E-state index contributed by atoms with van der Waals surface area (Å²) in [6.07, 6.45) is 2.31. The van der Waals surface area contributed by atoms with Gasteiger partial charge in [0.2, 0.25) is 0 Å². The van der Waals surface area contributed by atoms with Crippen LogP contribution in [0, 0.1) is 6.92 Å².